The maximum Gasteiger partial charge on any atom is 0.0931 e. The summed E-state index contributed by atoms with van der Waals surface area (Å²) >= 11 is 11.3. The largest absolute Gasteiger partial charge is 0.378 e. The molecule has 15 heavy (non-hydrogen) atoms. The summed E-state index contributed by atoms with van der Waals surface area (Å²) < 4.78 is 6.47. The number of hydrogen-bond donors (Lipinski definition) is 0. The smallest absolute Gasteiger partial charge is 0.0931 e. The van der Waals surface area contributed by atoms with Crippen molar-refractivity contribution in [1.82, 2.24) is 0 Å². The molecule has 2 atom stereocenters. The van der Waals surface area contributed by atoms with E-state index in [2.05, 4.69) is 22.0 Å². The lowest BCUT2D eigenvalue weighted by Gasteiger charge is -2.11. The fraction of sp³-hybridized carbons (Fsp3) is 0.636. The minimum atomic E-state index is 0.430. The van der Waals surface area contributed by atoms with Gasteiger partial charge in [-0.15, -0.1) is 11.3 Å². The van der Waals surface area contributed by atoms with Crippen molar-refractivity contribution in [2.45, 2.75) is 36.6 Å². The number of alkyl halides is 1. The lowest BCUT2D eigenvalue weighted by molar-refractivity contribution is 0.102. The van der Waals surface area contributed by atoms with Crippen LogP contribution in [0.25, 0.3) is 0 Å². The van der Waals surface area contributed by atoms with Gasteiger partial charge < -0.3 is 4.74 Å². The molecule has 0 aliphatic carbocycles. The van der Waals surface area contributed by atoms with Crippen molar-refractivity contribution in [3.05, 3.63) is 21.3 Å². The van der Waals surface area contributed by atoms with E-state index in [4.69, 9.17) is 16.3 Å². The molecule has 0 N–H and O–H groups in total. The van der Waals surface area contributed by atoms with E-state index in [-0.39, 0.29) is 0 Å². The zero-order valence-electron chi connectivity index (χ0n) is 8.42. The van der Waals surface area contributed by atoms with E-state index in [9.17, 15) is 0 Å². The Labute approximate surface area is 108 Å². The molecule has 2 heterocycles. The van der Waals surface area contributed by atoms with E-state index in [0.29, 0.717) is 10.9 Å². The molecule has 0 amide bonds. The van der Waals surface area contributed by atoms with Crippen LogP contribution < -0.4 is 0 Å². The van der Waals surface area contributed by atoms with E-state index in [1.54, 1.807) is 11.3 Å². The second-order valence-electron chi connectivity index (χ2n) is 3.82. The molecule has 0 bridgehead atoms. The van der Waals surface area contributed by atoms with Gasteiger partial charge in [-0.1, -0.05) is 27.5 Å². The van der Waals surface area contributed by atoms with Crippen LogP contribution >= 0.6 is 38.9 Å². The second-order valence-corrected chi connectivity index (χ2v) is 6.67. The van der Waals surface area contributed by atoms with Gasteiger partial charge in [-0.2, -0.15) is 0 Å². The molecule has 1 aromatic heterocycles. The van der Waals surface area contributed by atoms with E-state index in [1.165, 1.54) is 17.7 Å². The maximum atomic E-state index is 5.90. The van der Waals surface area contributed by atoms with Crippen LogP contribution in [-0.2, 0) is 4.74 Å². The van der Waals surface area contributed by atoms with Crippen LogP contribution in [0.3, 0.4) is 0 Å². The summed E-state index contributed by atoms with van der Waals surface area (Å²) in [6.45, 7) is 0.947. The van der Waals surface area contributed by atoms with Gasteiger partial charge in [0.25, 0.3) is 0 Å². The number of halogens is 2. The third-order valence-corrected chi connectivity index (χ3v) is 5.27. The molecule has 0 aromatic carbocycles. The van der Waals surface area contributed by atoms with Crippen molar-refractivity contribution in [2.24, 2.45) is 0 Å². The van der Waals surface area contributed by atoms with Gasteiger partial charge in [0.2, 0.25) is 0 Å². The van der Waals surface area contributed by atoms with Crippen LogP contribution in [0.15, 0.2) is 12.1 Å². The van der Waals surface area contributed by atoms with Gasteiger partial charge in [-0.3, -0.25) is 0 Å². The molecule has 4 heteroatoms. The Morgan fingerprint density at radius 2 is 2.47 bits per heavy atom. The van der Waals surface area contributed by atoms with Crippen molar-refractivity contribution in [2.75, 3.05) is 6.61 Å². The summed E-state index contributed by atoms with van der Waals surface area (Å²) in [7, 11) is 0. The monoisotopic (exact) mass is 308 g/mol. The SMILES string of the molecule is Clc1ccc(C(Br)CCC2CCCO2)s1. The number of rotatable bonds is 4. The van der Waals surface area contributed by atoms with Crippen LogP contribution in [0.2, 0.25) is 4.34 Å². The van der Waals surface area contributed by atoms with Crippen molar-refractivity contribution in [3.8, 4) is 0 Å². The summed E-state index contributed by atoms with van der Waals surface area (Å²) in [6, 6.07) is 4.06. The number of ether oxygens (including phenoxy) is 1. The number of hydrogen-bond acceptors (Lipinski definition) is 2. The molecule has 0 spiro atoms. The Balaban J connectivity index is 1.79. The van der Waals surface area contributed by atoms with Gasteiger partial charge >= 0.3 is 0 Å². The van der Waals surface area contributed by atoms with Gasteiger partial charge in [0, 0.05) is 16.3 Å². The second kappa shape index (κ2) is 5.67. The molecule has 2 rings (SSSR count). The molecule has 1 aliphatic rings. The van der Waals surface area contributed by atoms with Crippen LogP contribution in [0.4, 0.5) is 0 Å². The van der Waals surface area contributed by atoms with Crippen LogP contribution in [-0.4, -0.2) is 12.7 Å². The summed E-state index contributed by atoms with van der Waals surface area (Å²) in [5, 5.41) is 0. The van der Waals surface area contributed by atoms with E-state index >= 15 is 0 Å². The third kappa shape index (κ3) is 3.45. The lowest BCUT2D eigenvalue weighted by atomic mass is 10.1. The van der Waals surface area contributed by atoms with E-state index < -0.39 is 0 Å². The Morgan fingerprint density at radius 1 is 1.60 bits per heavy atom. The van der Waals surface area contributed by atoms with Crippen LogP contribution in [0.5, 0.6) is 0 Å². The normalized spacial score (nSPS) is 23.2. The predicted molar refractivity (Wildman–Crippen MR) is 69.2 cm³/mol. The zero-order valence-corrected chi connectivity index (χ0v) is 11.6. The minimum absolute atomic E-state index is 0.430. The fourth-order valence-electron chi connectivity index (χ4n) is 1.84. The van der Waals surface area contributed by atoms with Gasteiger partial charge in [0.15, 0.2) is 0 Å². The highest BCUT2D eigenvalue weighted by atomic mass is 79.9. The van der Waals surface area contributed by atoms with Crippen molar-refractivity contribution in [1.29, 1.82) is 0 Å². The highest BCUT2D eigenvalue weighted by Gasteiger charge is 2.18. The van der Waals surface area contributed by atoms with Crippen molar-refractivity contribution < 1.29 is 4.74 Å². The van der Waals surface area contributed by atoms with Crippen LogP contribution in [0, 0.1) is 0 Å². The molecular formula is C11H14BrClOS. The first-order valence-electron chi connectivity index (χ1n) is 5.26. The molecule has 1 aromatic rings. The molecule has 0 saturated carbocycles. The molecule has 84 valence electrons. The van der Waals surface area contributed by atoms with E-state index in [0.717, 1.165) is 23.8 Å². The van der Waals surface area contributed by atoms with Crippen molar-refractivity contribution >= 4 is 38.9 Å². The highest BCUT2D eigenvalue weighted by molar-refractivity contribution is 9.09. The number of thiophene rings is 1. The van der Waals surface area contributed by atoms with Gasteiger partial charge in [-0.25, -0.2) is 0 Å². The lowest BCUT2D eigenvalue weighted by Crippen LogP contribution is -2.05. The quantitative estimate of drug-likeness (QED) is 0.726. The maximum absolute atomic E-state index is 5.90. The Bertz CT molecular complexity index is 309. The summed E-state index contributed by atoms with van der Waals surface area (Å²) in [5.41, 5.74) is 0. The highest BCUT2D eigenvalue weighted by Crippen LogP contribution is 2.36. The molecule has 1 nitrogen and oxygen atoms in total. The van der Waals surface area contributed by atoms with Crippen molar-refractivity contribution in [3.63, 3.8) is 0 Å². The Kier molecular flexibility index (Phi) is 4.50. The standard InChI is InChI=1S/C11H14BrClOS/c12-9(10-5-6-11(13)15-10)4-3-8-2-1-7-14-8/h5-6,8-9H,1-4,7H2. The Hall–Kier alpha value is 0.430. The van der Waals surface area contributed by atoms with Gasteiger partial charge in [-0.05, 0) is 37.8 Å². The summed E-state index contributed by atoms with van der Waals surface area (Å²) in [4.78, 5) is 1.75. The molecule has 1 fully saturated rings. The minimum Gasteiger partial charge on any atom is -0.378 e. The first-order valence-corrected chi connectivity index (χ1v) is 7.37. The molecule has 1 saturated heterocycles. The summed E-state index contributed by atoms with van der Waals surface area (Å²) in [5.74, 6) is 0. The average Bonchev–Trinajstić information content (AvgIpc) is 2.84. The third-order valence-electron chi connectivity index (χ3n) is 2.67. The molecule has 2 unspecified atom stereocenters. The van der Waals surface area contributed by atoms with Gasteiger partial charge in [0.05, 0.1) is 10.4 Å². The Morgan fingerprint density at radius 3 is 3.07 bits per heavy atom. The molecule has 1 aliphatic heterocycles. The van der Waals surface area contributed by atoms with E-state index in [1.807, 2.05) is 6.07 Å². The summed E-state index contributed by atoms with van der Waals surface area (Å²) in [6.07, 6.45) is 5.21. The van der Waals surface area contributed by atoms with Crippen LogP contribution in [0.1, 0.15) is 35.4 Å². The topological polar surface area (TPSA) is 9.23 Å². The molecular weight excluding hydrogens is 296 g/mol. The molecule has 0 radical (unpaired) electrons. The average molecular weight is 310 g/mol. The first-order chi connectivity index (χ1) is 7.25. The fourth-order valence-corrected chi connectivity index (χ4v) is 3.61. The van der Waals surface area contributed by atoms with Gasteiger partial charge in [0.1, 0.15) is 0 Å². The zero-order chi connectivity index (χ0) is 10.7. The predicted octanol–water partition coefficient (Wildman–Crippen LogP) is 4.80. The first kappa shape index (κ1) is 11.9.